The van der Waals surface area contributed by atoms with Gasteiger partial charge >= 0.3 is 0 Å². The van der Waals surface area contributed by atoms with Gasteiger partial charge in [-0.2, -0.15) is 0 Å². The van der Waals surface area contributed by atoms with E-state index in [1.165, 1.54) is 17.0 Å². The number of likely N-dealkylation sites (N-methyl/N-ethyl adjacent to an activating group) is 1. The van der Waals surface area contributed by atoms with Crippen LogP contribution in [0.2, 0.25) is 0 Å². The zero-order valence-corrected chi connectivity index (χ0v) is 10.4. The summed E-state index contributed by atoms with van der Waals surface area (Å²) in [6.07, 6.45) is 1.61. The van der Waals surface area contributed by atoms with Crippen LogP contribution in [0.4, 0.5) is 10.1 Å². The van der Waals surface area contributed by atoms with Crippen molar-refractivity contribution in [2.24, 2.45) is 0 Å². The second-order valence-corrected chi connectivity index (χ2v) is 4.18. The van der Waals surface area contributed by atoms with Gasteiger partial charge < -0.3 is 10.6 Å². The normalized spacial score (nSPS) is 9.94. The highest BCUT2D eigenvalue weighted by atomic mass is 79.9. The van der Waals surface area contributed by atoms with Crippen LogP contribution in [0.25, 0.3) is 0 Å². The van der Waals surface area contributed by atoms with Gasteiger partial charge in [0.05, 0.1) is 11.3 Å². The highest BCUT2D eigenvalue weighted by Gasteiger charge is 2.16. The first kappa shape index (κ1) is 12.7. The van der Waals surface area contributed by atoms with Crippen LogP contribution in [0, 0.1) is 5.82 Å². The molecular weight excluding hydrogens is 275 g/mol. The fourth-order valence-electron chi connectivity index (χ4n) is 1.21. The highest BCUT2D eigenvalue weighted by molar-refractivity contribution is 9.10. The van der Waals surface area contributed by atoms with Gasteiger partial charge in [-0.25, -0.2) is 4.39 Å². The van der Waals surface area contributed by atoms with Crippen molar-refractivity contribution in [2.75, 3.05) is 19.3 Å². The lowest BCUT2D eigenvalue weighted by Crippen LogP contribution is -2.27. The van der Waals surface area contributed by atoms with Crippen LogP contribution in [0.3, 0.4) is 0 Å². The highest BCUT2D eigenvalue weighted by Crippen LogP contribution is 2.23. The Labute approximate surface area is 102 Å². The van der Waals surface area contributed by atoms with E-state index in [9.17, 15) is 9.18 Å². The number of amides is 1. The standard InChI is InChI=1S/C11H12BrFN2O/c1-3-4-15(2)11(16)7-5-10(14)9(13)6-8(7)12/h3,5-6H,1,4,14H2,2H3. The van der Waals surface area contributed by atoms with E-state index in [0.717, 1.165) is 0 Å². The lowest BCUT2D eigenvalue weighted by atomic mass is 10.1. The number of hydrogen-bond donors (Lipinski definition) is 1. The van der Waals surface area contributed by atoms with Gasteiger partial charge in [0.2, 0.25) is 0 Å². The second-order valence-electron chi connectivity index (χ2n) is 3.33. The zero-order valence-electron chi connectivity index (χ0n) is 8.84. The van der Waals surface area contributed by atoms with Crippen molar-refractivity contribution in [1.29, 1.82) is 0 Å². The SMILES string of the molecule is C=CCN(C)C(=O)c1cc(N)c(F)cc1Br. The fourth-order valence-corrected chi connectivity index (χ4v) is 1.70. The topological polar surface area (TPSA) is 46.3 Å². The molecule has 3 nitrogen and oxygen atoms in total. The molecule has 0 bridgehead atoms. The number of nitrogens with zero attached hydrogens (tertiary/aromatic N) is 1. The molecule has 0 aliphatic rings. The molecule has 0 aliphatic heterocycles. The maximum absolute atomic E-state index is 13.1. The van der Waals surface area contributed by atoms with E-state index in [0.29, 0.717) is 16.6 Å². The first-order valence-electron chi connectivity index (χ1n) is 4.58. The summed E-state index contributed by atoms with van der Waals surface area (Å²) in [7, 11) is 1.63. The number of anilines is 1. The number of rotatable bonds is 3. The van der Waals surface area contributed by atoms with Gasteiger partial charge in [-0.05, 0) is 28.1 Å². The third-order valence-corrected chi connectivity index (χ3v) is 2.72. The Hall–Kier alpha value is -1.36. The maximum atomic E-state index is 13.1. The maximum Gasteiger partial charge on any atom is 0.255 e. The Balaban J connectivity index is 3.08. The molecule has 0 saturated heterocycles. The molecule has 0 saturated carbocycles. The minimum absolute atomic E-state index is 0.0430. The van der Waals surface area contributed by atoms with Crippen LogP contribution in [0.15, 0.2) is 29.3 Å². The van der Waals surface area contributed by atoms with E-state index in [1.807, 2.05) is 0 Å². The number of benzene rings is 1. The summed E-state index contributed by atoms with van der Waals surface area (Å²) in [5.41, 5.74) is 5.71. The second kappa shape index (κ2) is 5.12. The van der Waals surface area contributed by atoms with Crippen molar-refractivity contribution < 1.29 is 9.18 Å². The Morgan fingerprint density at radius 2 is 2.31 bits per heavy atom. The summed E-state index contributed by atoms with van der Waals surface area (Å²) < 4.78 is 13.5. The Kier molecular flexibility index (Phi) is 4.06. The zero-order chi connectivity index (χ0) is 12.3. The summed E-state index contributed by atoms with van der Waals surface area (Å²) in [5.74, 6) is -0.784. The third-order valence-electron chi connectivity index (χ3n) is 2.07. The molecule has 16 heavy (non-hydrogen) atoms. The first-order valence-corrected chi connectivity index (χ1v) is 5.37. The molecule has 0 unspecified atom stereocenters. The van der Waals surface area contributed by atoms with E-state index in [1.54, 1.807) is 13.1 Å². The van der Waals surface area contributed by atoms with Crippen LogP contribution in [0.1, 0.15) is 10.4 Å². The molecule has 0 radical (unpaired) electrons. The molecule has 1 amide bonds. The molecule has 0 aromatic heterocycles. The van der Waals surface area contributed by atoms with Crippen LogP contribution in [0.5, 0.6) is 0 Å². The molecule has 0 fully saturated rings. The van der Waals surface area contributed by atoms with E-state index < -0.39 is 5.82 Å². The van der Waals surface area contributed by atoms with E-state index in [4.69, 9.17) is 5.73 Å². The molecule has 0 atom stereocenters. The van der Waals surface area contributed by atoms with Crippen molar-refractivity contribution in [3.05, 3.63) is 40.6 Å². The quantitative estimate of drug-likeness (QED) is 0.685. The van der Waals surface area contributed by atoms with E-state index in [2.05, 4.69) is 22.5 Å². The van der Waals surface area contributed by atoms with Crippen molar-refractivity contribution in [2.45, 2.75) is 0 Å². The Morgan fingerprint density at radius 3 is 2.88 bits per heavy atom. The predicted molar refractivity (Wildman–Crippen MR) is 65.7 cm³/mol. The van der Waals surface area contributed by atoms with Gasteiger partial charge in [0.1, 0.15) is 5.82 Å². The molecule has 0 aliphatic carbocycles. The molecule has 1 rings (SSSR count). The van der Waals surface area contributed by atoms with Gasteiger partial charge in [-0.3, -0.25) is 4.79 Å². The smallest absolute Gasteiger partial charge is 0.255 e. The van der Waals surface area contributed by atoms with Crippen LogP contribution >= 0.6 is 15.9 Å². The molecule has 5 heteroatoms. The first-order chi connectivity index (χ1) is 7.47. The number of nitrogens with two attached hydrogens (primary N) is 1. The summed E-state index contributed by atoms with van der Waals surface area (Å²) >= 11 is 3.13. The number of carbonyl (C=O) groups excluding carboxylic acids is 1. The van der Waals surface area contributed by atoms with Gasteiger partial charge in [0, 0.05) is 18.1 Å². The van der Waals surface area contributed by atoms with Crippen LogP contribution < -0.4 is 5.73 Å². The number of hydrogen-bond acceptors (Lipinski definition) is 2. The summed E-state index contributed by atoms with van der Waals surface area (Å²) in [4.78, 5) is 13.4. The van der Waals surface area contributed by atoms with Crippen LogP contribution in [-0.2, 0) is 0 Å². The summed E-state index contributed by atoms with van der Waals surface area (Å²) in [6, 6.07) is 2.51. The lowest BCUT2D eigenvalue weighted by Gasteiger charge is -2.16. The number of halogens is 2. The molecule has 0 heterocycles. The number of carbonyl (C=O) groups is 1. The predicted octanol–water partition coefficient (Wildman–Crippen LogP) is 2.43. The van der Waals surface area contributed by atoms with Crippen molar-refractivity contribution in [1.82, 2.24) is 4.90 Å². The molecule has 2 N–H and O–H groups in total. The van der Waals surface area contributed by atoms with Gasteiger partial charge in [-0.1, -0.05) is 6.08 Å². The van der Waals surface area contributed by atoms with Crippen molar-refractivity contribution in [3.63, 3.8) is 0 Å². The molecule has 86 valence electrons. The average Bonchev–Trinajstić information content (AvgIpc) is 2.23. The monoisotopic (exact) mass is 286 g/mol. The van der Waals surface area contributed by atoms with E-state index >= 15 is 0 Å². The van der Waals surface area contributed by atoms with Gasteiger partial charge in [-0.15, -0.1) is 6.58 Å². The minimum atomic E-state index is -0.546. The third kappa shape index (κ3) is 2.61. The fraction of sp³-hybridized carbons (Fsp3) is 0.182. The lowest BCUT2D eigenvalue weighted by molar-refractivity contribution is 0.0809. The largest absolute Gasteiger partial charge is 0.396 e. The van der Waals surface area contributed by atoms with Gasteiger partial charge in [0.15, 0.2) is 0 Å². The van der Waals surface area contributed by atoms with Crippen LogP contribution in [-0.4, -0.2) is 24.4 Å². The molecule has 1 aromatic rings. The summed E-state index contributed by atoms with van der Waals surface area (Å²) in [5, 5.41) is 0. The van der Waals surface area contributed by atoms with Crippen molar-refractivity contribution >= 4 is 27.5 Å². The summed E-state index contributed by atoms with van der Waals surface area (Å²) in [6.45, 7) is 3.96. The minimum Gasteiger partial charge on any atom is -0.396 e. The van der Waals surface area contributed by atoms with Crippen molar-refractivity contribution in [3.8, 4) is 0 Å². The molecule has 1 aromatic carbocycles. The molecular formula is C11H12BrFN2O. The Morgan fingerprint density at radius 1 is 1.69 bits per heavy atom. The average molecular weight is 287 g/mol. The van der Waals surface area contributed by atoms with Gasteiger partial charge in [0.25, 0.3) is 5.91 Å². The number of nitrogen functional groups attached to an aromatic ring is 1. The molecule has 0 spiro atoms. The van der Waals surface area contributed by atoms with E-state index in [-0.39, 0.29) is 11.6 Å². The Bertz CT molecular complexity index is 434.